The fourth-order valence-corrected chi connectivity index (χ4v) is 3.61. The summed E-state index contributed by atoms with van der Waals surface area (Å²) >= 11 is 0. The van der Waals surface area contributed by atoms with Gasteiger partial charge in [0.2, 0.25) is 0 Å². The Labute approximate surface area is 180 Å². The molecule has 4 rings (SSSR count). The van der Waals surface area contributed by atoms with E-state index in [1.807, 2.05) is 12.1 Å². The van der Waals surface area contributed by atoms with Crippen molar-refractivity contribution in [2.45, 2.75) is 31.4 Å². The van der Waals surface area contributed by atoms with Gasteiger partial charge in [-0.25, -0.2) is 8.78 Å². The monoisotopic (exact) mass is 449 g/mol. The molecule has 32 heavy (non-hydrogen) atoms. The summed E-state index contributed by atoms with van der Waals surface area (Å²) in [6.07, 6.45) is -7.42. The summed E-state index contributed by atoms with van der Waals surface area (Å²) in [5.74, 6) is -1.65. The molecule has 1 aliphatic heterocycles. The van der Waals surface area contributed by atoms with Crippen molar-refractivity contribution in [2.75, 3.05) is 0 Å². The number of aliphatic imine (C=N–C) groups is 1. The van der Waals surface area contributed by atoms with Crippen molar-refractivity contribution in [1.82, 2.24) is 0 Å². The molecule has 0 unspecified atom stereocenters. The van der Waals surface area contributed by atoms with E-state index in [2.05, 4.69) is 9.73 Å². The van der Waals surface area contributed by atoms with E-state index < -0.39 is 24.2 Å². The highest BCUT2D eigenvalue weighted by Crippen LogP contribution is 2.34. The van der Waals surface area contributed by atoms with Gasteiger partial charge >= 0.3 is 12.5 Å². The Morgan fingerprint density at radius 3 is 1.97 bits per heavy atom. The van der Waals surface area contributed by atoms with E-state index in [0.717, 1.165) is 11.1 Å². The van der Waals surface area contributed by atoms with Crippen molar-refractivity contribution < 1.29 is 31.1 Å². The number of alkyl halides is 4. The van der Waals surface area contributed by atoms with E-state index in [1.54, 1.807) is 12.1 Å². The van der Waals surface area contributed by atoms with Gasteiger partial charge in [0, 0.05) is 5.71 Å². The lowest BCUT2D eigenvalue weighted by atomic mass is 9.99. The third-order valence-corrected chi connectivity index (χ3v) is 5.21. The van der Waals surface area contributed by atoms with Gasteiger partial charge in [-0.1, -0.05) is 42.5 Å². The zero-order valence-corrected chi connectivity index (χ0v) is 16.5. The molecule has 3 aromatic rings. The second kappa shape index (κ2) is 8.68. The van der Waals surface area contributed by atoms with Crippen LogP contribution in [-0.2, 0) is 0 Å². The molecule has 0 radical (unpaired) electrons. The molecule has 0 saturated carbocycles. The zero-order chi connectivity index (χ0) is 22.9. The van der Waals surface area contributed by atoms with Crippen LogP contribution in [-0.4, -0.2) is 18.2 Å². The SMILES string of the molecule is Fc1cccc(F)c1C1=N[C@@H](c2ccc(-c3ccc(OC(F)(F)C(F)F)cc3)cc2)CC1. The lowest BCUT2D eigenvalue weighted by Crippen LogP contribution is -2.33. The minimum atomic E-state index is -4.56. The maximum Gasteiger partial charge on any atom is 0.461 e. The van der Waals surface area contributed by atoms with Gasteiger partial charge in [-0.15, -0.1) is 0 Å². The molecule has 0 amide bonds. The largest absolute Gasteiger partial charge is 0.461 e. The maximum atomic E-state index is 14.0. The predicted octanol–water partition coefficient (Wildman–Crippen LogP) is 7.19. The topological polar surface area (TPSA) is 21.6 Å². The molecule has 0 aromatic heterocycles. The van der Waals surface area contributed by atoms with Crippen molar-refractivity contribution in [3.8, 4) is 16.9 Å². The molecular weight excluding hydrogens is 432 g/mol. The van der Waals surface area contributed by atoms with Crippen molar-refractivity contribution in [3.63, 3.8) is 0 Å². The summed E-state index contributed by atoms with van der Waals surface area (Å²) in [5.41, 5.74) is 2.62. The molecule has 0 spiro atoms. The van der Waals surface area contributed by atoms with Crippen LogP contribution in [0, 0.1) is 11.6 Å². The van der Waals surface area contributed by atoms with Crippen molar-refractivity contribution in [3.05, 3.63) is 89.5 Å². The normalized spacial score (nSPS) is 16.3. The minimum Gasteiger partial charge on any atom is -0.428 e. The molecule has 1 atom stereocenters. The summed E-state index contributed by atoms with van der Waals surface area (Å²) in [6, 6.07) is 16.1. The fraction of sp³-hybridized carbons (Fsp3) is 0.208. The molecule has 166 valence electrons. The van der Waals surface area contributed by atoms with Gasteiger partial charge in [-0.3, -0.25) is 4.99 Å². The van der Waals surface area contributed by atoms with Gasteiger partial charge in [-0.05, 0) is 53.8 Å². The van der Waals surface area contributed by atoms with Crippen LogP contribution in [0.1, 0.15) is 30.0 Å². The Hall–Kier alpha value is -3.29. The van der Waals surface area contributed by atoms with Gasteiger partial charge in [0.15, 0.2) is 0 Å². The van der Waals surface area contributed by atoms with Crippen LogP contribution in [0.4, 0.5) is 26.3 Å². The quantitative estimate of drug-likeness (QED) is 0.365. The molecule has 0 aliphatic carbocycles. The van der Waals surface area contributed by atoms with E-state index in [0.29, 0.717) is 24.1 Å². The summed E-state index contributed by atoms with van der Waals surface area (Å²) in [5, 5.41) is 0. The van der Waals surface area contributed by atoms with Crippen LogP contribution >= 0.6 is 0 Å². The summed E-state index contributed by atoms with van der Waals surface area (Å²) in [4.78, 5) is 4.50. The number of rotatable bonds is 6. The minimum absolute atomic E-state index is 0.0913. The molecule has 0 N–H and O–H groups in total. The Morgan fingerprint density at radius 2 is 1.41 bits per heavy atom. The van der Waals surface area contributed by atoms with E-state index in [-0.39, 0.29) is 17.4 Å². The standard InChI is InChI=1S/C24H17F6NO/c25-18-2-1-3-19(26)22(18)21-13-12-20(31-21)16-6-4-14(5-7-16)15-8-10-17(11-9-15)32-24(29,30)23(27)28/h1-11,20,23H,12-13H2/t20-/m1/s1. The van der Waals surface area contributed by atoms with Crippen LogP contribution < -0.4 is 4.74 Å². The Kier molecular flexibility index (Phi) is 5.95. The van der Waals surface area contributed by atoms with Gasteiger partial charge < -0.3 is 4.74 Å². The lowest BCUT2D eigenvalue weighted by molar-refractivity contribution is -0.253. The number of halogens is 6. The van der Waals surface area contributed by atoms with Crippen LogP contribution in [0.15, 0.2) is 71.7 Å². The third kappa shape index (κ3) is 4.49. The van der Waals surface area contributed by atoms with Gasteiger partial charge in [0.25, 0.3) is 0 Å². The van der Waals surface area contributed by atoms with Gasteiger partial charge in [-0.2, -0.15) is 17.6 Å². The Bertz CT molecular complexity index is 1110. The summed E-state index contributed by atoms with van der Waals surface area (Å²) in [7, 11) is 0. The smallest absolute Gasteiger partial charge is 0.428 e. The number of hydrogen-bond acceptors (Lipinski definition) is 2. The first-order valence-corrected chi connectivity index (χ1v) is 9.81. The molecule has 0 saturated heterocycles. The van der Waals surface area contributed by atoms with E-state index >= 15 is 0 Å². The number of benzene rings is 3. The summed E-state index contributed by atoms with van der Waals surface area (Å²) < 4.78 is 82.6. The highest BCUT2D eigenvalue weighted by atomic mass is 19.3. The molecule has 1 aliphatic rings. The molecular formula is C24H17F6NO. The number of ether oxygens (including phenoxy) is 1. The lowest BCUT2D eigenvalue weighted by Gasteiger charge is -2.17. The van der Waals surface area contributed by atoms with Gasteiger partial charge in [0.05, 0.1) is 11.6 Å². The number of nitrogens with zero attached hydrogens (tertiary/aromatic N) is 1. The average Bonchev–Trinajstić information content (AvgIpc) is 3.24. The second-order valence-corrected chi connectivity index (χ2v) is 7.34. The summed E-state index contributed by atoms with van der Waals surface area (Å²) in [6.45, 7) is 0. The molecule has 0 bridgehead atoms. The first-order valence-electron chi connectivity index (χ1n) is 9.81. The second-order valence-electron chi connectivity index (χ2n) is 7.34. The van der Waals surface area contributed by atoms with Crippen molar-refractivity contribution in [1.29, 1.82) is 0 Å². The molecule has 1 heterocycles. The number of hydrogen-bond donors (Lipinski definition) is 0. The first-order chi connectivity index (χ1) is 15.2. The average molecular weight is 449 g/mol. The fourth-order valence-electron chi connectivity index (χ4n) is 3.61. The van der Waals surface area contributed by atoms with Crippen LogP contribution in [0.2, 0.25) is 0 Å². The van der Waals surface area contributed by atoms with E-state index in [4.69, 9.17) is 0 Å². The van der Waals surface area contributed by atoms with E-state index in [1.165, 1.54) is 42.5 Å². The Morgan fingerprint density at radius 1 is 0.844 bits per heavy atom. The Balaban J connectivity index is 1.49. The maximum absolute atomic E-state index is 14.0. The highest BCUT2D eigenvalue weighted by molar-refractivity contribution is 6.02. The molecule has 3 aromatic carbocycles. The van der Waals surface area contributed by atoms with Gasteiger partial charge in [0.1, 0.15) is 17.4 Å². The predicted molar refractivity (Wildman–Crippen MR) is 108 cm³/mol. The molecule has 8 heteroatoms. The van der Waals surface area contributed by atoms with E-state index in [9.17, 15) is 26.3 Å². The molecule has 0 fully saturated rings. The van der Waals surface area contributed by atoms with Crippen LogP contribution in [0.25, 0.3) is 11.1 Å². The van der Waals surface area contributed by atoms with Crippen molar-refractivity contribution >= 4 is 5.71 Å². The first kappa shape index (κ1) is 21.9. The van der Waals surface area contributed by atoms with Crippen LogP contribution in [0.5, 0.6) is 5.75 Å². The highest BCUT2D eigenvalue weighted by Gasteiger charge is 2.43. The zero-order valence-electron chi connectivity index (χ0n) is 16.5. The molecule has 2 nitrogen and oxygen atoms in total. The van der Waals surface area contributed by atoms with Crippen LogP contribution in [0.3, 0.4) is 0 Å². The third-order valence-electron chi connectivity index (χ3n) is 5.21. The van der Waals surface area contributed by atoms with Crippen molar-refractivity contribution in [2.24, 2.45) is 4.99 Å².